The summed E-state index contributed by atoms with van der Waals surface area (Å²) in [7, 11) is -4.26. The number of hydrogen-bond acceptors (Lipinski definition) is 6. The Morgan fingerprint density at radius 3 is 2.48 bits per heavy atom. The molecule has 29 heavy (non-hydrogen) atoms. The summed E-state index contributed by atoms with van der Waals surface area (Å²) in [4.78, 5) is 22.4. The number of para-hydroxylation sites is 3. The molecule has 10 heteroatoms. The summed E-state index contributed by atoms with van der Waals surface area (Å²) < 4.78 is 33.4. The lowest BCUT2D eigenvalue weighted by atomic mass is 10.1. The molecule has 0 saturated heterocycles. The zero-order chi connectivity index (χ0) is 20.6. The summed E-state index contributed by atoms with van der Waals surface area (Å²) in [5, 5.41) is 13.8. The van der Waals surface area contributed by atoms with Crippen LogP contribution in [0.25, 0.3) is 0 Å². The van der Waals surface area contributed by atoms with Crippen LogP contribution < -0.4 is 14.8 Å². The minimum Gasteiger partial charge on any atom is -0.454 e. The van der Waals surface area contributed by atoms with Gasteiger partial charge in [-0.3, -0.25) is 19.6 Å². The van der Waals surface area contributed by atoms with Crippen molar-refractivity contribution in [2.45, 2.75) is 4.90 Å². The molecule has 1 heterocycles. The van der Waals surface area contributed by atoms with E-state index in [0.29, 0.717) is 11.4 Å². The summed E-state index contributed by atoms with van der Waals surface area (Å²) in [6, 6.07) is 16.0. The predicted molar refractivity (Wildman–Crippen MR) is 105 cm³/mol. The normalized spacial score (nSPS) is 12.6. The van der Waals surface area contributed by atoms with Crippen molar-refractivity contribution in [1.82, 2.24) is 0 Å². The fourth-order valence-corrected chi connectivity index (χ4v) is 4.10. The number of amides is 1. The number of sulfonamides is 1. The lowest BCUT2D eigenvalue weighted by molar-refractivity contribution is -0.387. The molecule has 9 nitrogen and oxygen atoms in total. The van der Waals surface area contributed by atoms with Gasteiger partial charge in [-0.2, -0.15) is 0 Å². The van der Waals surface area contributed by atoms with E-state index in [4.69, 9.17) is 4.74 Å². The second-order valence-electron chi connectivity index (χ2n) is 6.09. The van der Waals surface area contributed by atoms with Crippen molar-refractivity contribution >= 4 is 33.0 Å². The molecule has 0 unspecified atom stereocenters. The lowest BCUT2D eigenvalue weighted by Gasteiger charge is -2.11. The van der Waals surface area contributed by atoms with Crippen LogP contribution in [0.3, 0.4) is 0 Å². The van der Waals surface area contributed by atoms with Crippen molar-refractivity contribution < 1.29 is 22.9 Å². The molecule has 0 bridgehead atoms. The molecule has 0 fully saturated rings. The molecule has 146 valence electrons. The van der Waals surface area contributed by atoms with Gasteiger partial charge in [0.05, 0.1) is 16.2 Å². The largest absolute Gasteiger partial charge is 0.454 e. The number of nitro benzene ring substituents is 1. The van der Waals surface area contributed by atoms with Crippen LogP contribution in [0.4, 0.5) is 17.1 Å². The van der Waals surface area contributed by atoms with Crippen molar-refractivity contribution in [2.75, 3.05) is 10.0 Å². The number of rotatable bonds is 4. The second-order valence-corrected chi connectivity index (χ2v) is 7.74. The van der Waals surface area contributed by atoms with Gasteiger partial charge in [0.2, 0.25) is 0 Å². The zero-order valence-electron chi connectivity index (χ0n) is 14.7. The van der Waals surface area contributed by atoms with Gasteiger partial charge in [-0.15, -0.1) is 0 Å². The summed E-state index contributed by atoms with van der Waals surface area (Å²) in [6.07, 6.45) is 0. The first-order chi connectivity index (χ1) is 13.8. The molecule has 0 radical (unpaired) electrons. The molecule has 2 N–H and O–H groups in total. The van der Waals surface area contributed by atoms with Crippen molar-refractivity contribution in [3.63, 3.8) is 0 Å². The molecule has 0 aromatic heterocycles. The van der Waals surface area contributed by atoms with Crippen LogP contribution in [0.1, 0.15) is 10.4 Å². The number of hydrogen-bond donors (Lipinski definition) is 2. The number of fused-ring (bicyclic) bond motifs is 2. The SMILES string of the molecule is O=C1Nc2ccccc2Oc2ccc(NS(=O)(=O)c3ccccc3[N+](=O)[O-])cc21. The summed E-state index contributed by atoms with van der Waals surface area (Å²) in [6.45, 7) is 0. The van der Waals surface area contributed by atoms with Crippen molar-refractivity contribution in [3.05, 3.63) is 82.4 Å². The van der Waals surface area contributed by atoms with E-state index in [9.17, 15) is 23.3 Å². The molecule has 1 amide bonds. The molecule has 0 saturated carbocycles. The average Bonchev–Trinajstić information content (AvgIpc) is 2.83. The maximum Gasteiger partial charge on any atom is 0.289 e. The van der Waals surface area contributed by atoms with Gasteiger partial charge in [0, 0.05) is 11.8 Å². The topological polar surface area (TPSA) is 128 Å². The molecular formula is C19H13N3O6S. The van der Waals surface area contributed by atoms with Crippen LogP contribution >= 0.6 is 0 Å². The third-order valence-corrected chi connectivity index (χ3v) is 5.61. The summed E-state index contributed by atoms with van der Waals surface area (Å²) >= 11 is 0. The number of nitrogens with zero attached hydrogens (tertiary/aromatic N) is 1. The molecule has 3 aromatic rings. The molecule has 3 aromatic carbocycles. The predicted octanol–water partition coefficient (Wildman–Crippen LogP) is 3.75. The van der Waals surface area contributed by atoms with Gasteiger partial charge < -0.3 is 10.1 Å². The van der Waals surface area contributed by atoms with E-state index in [1.807, 2.05) is 0 Å². The highest BCUT2D eigenvalue weighted by Gasteiger charge is 2.26. The Balaban J connectivity index is 1.70. The Morgan fingerprint density at radius 1 is 0.966 bits per heavy atom. The van der Waals surface area contributed by atoms with E-state index in [0.717, 1.165) is 12.1 Å². The minimum atomic E-state index is -4.26. The Hall–Kier alpha value is -3.92. The molecular weight excluding hydrogens is 398 g/mol. The first-order valence-corrected chi connectivity index (χ1v) is 9.82. The van der Waals surface area contributed by atoms with E-state index in [1.165, 1.54) is 30.3 Å². The summed E-state index contributed by atoms with van der Waals surface area (Å²) in [5.74, 6) is 0.227. The monoisotopic (exact) mass is 411 g/mol. The number of carbonyl (C=O) groups excluding carboxylic acids is 1. The van der Waals surface area contributed by atoms with E-state index >= 15 is 0 Å². The smallest absolute Gasteiger partial charge is 0.289 e. The third-order valence-electron chi connectivity index (χ3n) is 4.18. The van der Waals surface area contributed by atoms with Gasteiger partial charge in [0.25, 0.3) is 21.6 Å². The molecule has 1 aliphatic heterocycles. The summed E-state index contributed by atoms with van der Waals surface area (Å²) in [5.41, 5.74) is 0.109. The van der Waals surface area contributed by atoms with Gasteiger partial charge in [-0.1, -0.05) is 24.3 Å². The van der Waals surface area contributed by atoms with Gasteiger partial charge in [0.1, 0.15) is 5.75 Å². The van der Waals surface area contributed by atoms with E-state index in [-0.39, 0.29) is 17.0 Å². The Labute approximate surface area is 165 Å². The van der Waals surface area contributed by atoms with Crippen LogP contribution in [-0.4, -0.2) is 19.2 Å². The highest BCUT2D eigenvalue weighted by molar-refractivity contribution is 7.92. The number of carbonyl (C=O) groups is 1. The molecule has 1 aliphatic rings. The van der Waals surface area contributed by atoms with Gasteiger partial charge >= 0.3 is 0 Å². The quantitative estimate of drug-likeness (QED) is 0.497. The van der Waals surface area contributed by atoms with Gasteiger partial charge in [-0.25, -0.2) is 8.42 Å². The van der Waals surface area contributed by atoms with Gasteiger partial charge in [-0.05, 0) is 36.4 Å². The maximum atomic E-state index is 12.7. The average molecular weight is 411 g/mol. The first-order valence-electron chi connectivity index (χ1n) is 8.34. The van der Waals surface area contributed by atoms with Crippen molar-refractivity contribution in [2.24, 2.45) is 0 Å². The molecule has 0 atom stereocenters. The second kappa shape index (κ2) is 6.91. The zero-order valence-corrected chi connectivity index (χ0v) is 15.5. The van der Waals surface area contributed by atoms with Crippen LogP contribution in [0, 0.1) is 10.1 Å². The Bertz CT molecular complexity index is 1260. The number of nitrogens with one attached hydrogen (secondary N) is 2. The fraction of sp³-hybridized carbons (Fsp3) is 0. The molecule has 0 aliphatic carbocycles. The Morgan fingerprint density at radius 2 is 1.69 bits per heavy atom. The molecule has 0 spiro atoms. The number of ether oxygens (including phenoxy) is 1. The first kappa shape index (κ1) is 18.4. The Kier molecular flexibility index (Phi) is 4.40. The van der Waals surface area contributed by atoms with E-state index in [1.54, 1.807) is 24.3 Å². The van der Waals surface area contributed by atoms with E-state index in [2.05, 4.69) is 10.0 Å². The standard InChI is InChI=1S/C19H13N3O6S/c23-19-13-11-12(9-10-16(13)28-17-7-3-1-5-14(17)20-19)21-29(26,27)18-8-4-2-6-15(18)22(24)25/h1-11,21H,(H,20,23). The number of nitro groups is 1. The van der Waals surface area contributed by atoms with Crippen LogP contribution in [0.5, 0.6) is 11.5 Å². The van der Waals surface area contributed by atoms with E-state index < -0.39 is 31.4 Å². The van der Waals surface area contributed by atoms with Crippen LogP contribution in [-0.2, 0) is 10.0 Å². The number of benzene rings is 3. The van der Waals surface area contributed by atoms with Crippen molar-refractivity contribution in [3.8, 4) is 11.5 Å². The molecule has 4 rings (SSSR count). The third kappa shape index (κ3) is 3.48. The van der Waals surface area contributed by atoms with Gasteiger partial charge in [0.15, 0.2) is 10.6 Å². The number of anilines is 2. The maximum absolute atomic E-state index is 12.7. The highest BCUT2D eigenvalue weighted by Crippen LogP contribution is 2.36. The highest BCUT2D eigenvalue weighted by atomic mass is 32.2. The lowest BCUT2D eigenvalue weighted by Crippen LogP contribution is -2.16. The van der Waals surface area contributed by atoms with Crippen molar-refractivity contribution in [1.29, 1.82) is 0 Å². The minimum absolute atomic E-state index is 0.0617. The fourth-order valence-electron chi connectivity index (χ4n) is 2.87. The van der Waals surface area contributed by atoms with Crippen LogP contribution in [0.2, 0.25) is 0 Å². The van der Waals surface area contributed by atoms with Crippen LogP contribution in [0.15, 0.2) is 71.6 Å².